The number of hydrogen-bond acceptors (Lipinski definition) is 4. The molecule has 0 aromatic heterocycles. The van der Waals surface area contributed by atoms with Gasteiger partial charge in [-0.2, -0.15) is 0 Å². The highest BCUT2D eigenvalue weighted by Gasteiger charge is 2.53. The van der Waals surface area contributed by atoms with Gasteiger partial charge >= 0.3 is 0 Å². The molecule has 1 saturated carbocycles. The van der Waals surface area contributed by atoms with Crippen molar-refractivity contribution in [2.24, 2.45) is 22.1 Å². The fourth-order valence-electron chi connectivity index (χ4n) is 4.30. The van der Waals surface area contributed by atoms with Crippen molar-refractivity contribution >= 4 is 17.6 Å². The lowest BCUT2D eigenvalue weighted by Crippen LogP contribution is -2.58. The smallest absolute Gasteiger partial charge is 0.237 e. The number of carbonyl (C=O) groups excluding carboxylic acids is 1. The minimum atomic E-state index is -1.12. The van der Waals surface area contributed by atoms with Gasteiger partial charge in [0.05, 0.1) is 11.5 Å². The van der Waals surface area contributed by atoms with Crippen LogP contribution in [0.4, 0.5) is 10.1 Å². The molecule has 158 valence electrons. The first kappa shape index (κ1) is 20.4. The number of aliphatic imine (C=N–C) groups is 1. The highest BCUT2D eigenvalue weighted by Crippen LogP contribution is 2.48. The average Bonchev–Trinajstić information content (AvgIpc) is 3.56. The predicted octanol–water partition coefficient (Wildman–Crippen LogP) is 4.42. The van der Waals surface area contributed by atoms with Crippen LogP contribution in [0, 0.1) is 17.2 Å². The molecule has 2 aromatic carbocycles. The van der Waals surface area contributed by atoms with Crippen molar-refractivity contribution in [2.45, 2.75) is 45.2 Å². The predicted molar refractivity (Wildman–Crippen MR) is 117 cm³/mol. The summed E-state index contributed by atoms with van der Waals surface area (Å²) in [6, 6.07) is 15.5. The van der Waals surface area contributed by atoms with Crippen LogP contribution in [0.1, 0.15) is 50.8 Å². The van der Waals surface area contributed by atoms with E-state index in [-0.39, 0.29) is 17.9 Å². The van der Waals surface area contributed by atoms with E-state index in [4.69, 9.17) is 5.73 Å². The van der Waals surface area contributed by atoms with E-state index in [0.717, 1.165) is 5.69 Å². The van der Waals surface area contributed by atoms with E-state index in [9.17, 15) is 4.79 Å². The third-order valence-corrected chi connectivity index (χ3v) is 6.80. The van der Waals surface area contributed by atoms with Gasteiger partial charge in [0.1, 0.15) is 11.4 Å². The van der Waals surface area contributed by atoms with Crippen LogP contribution in [0.3, 0.4) is 0 Å². The number of nitrogens with zero attached hydrogens (tertiary/aromatic N) is 2. The van der Waals surface area contributed by atoms with E-state index in [2.05, 4.69) is 22.4 Å². The van der Waals surface area contributed by atoms with Crippen molar-refractivity contribution in [2.75, 3.05) is 12.4 Å². The van der Waals surface area contributed by atoms with Gasteiger partial charge in [0.15, 0.2) is 5.96 Å². The standard InChI is InChI=1S/C24H29FN4O/c1-23(2)21(30)29(4)22(26)28-24(23,3)18-14-17(12-13-19(18)25)27-20(16-10-11-16)15-8-6-5-7-9-15/h5-9,12-14,16,20,27H,10-11H2,1-4H3,(H2,26,28)/t20?,24-/m1/s1. The van der Waals surface area contributed by atoms with E-state index >= 15 is 4.39 Å². The van der Waals surface area contributed by atoms with Crippen molar-refractivity contribution in [1.82, 2.24) is 4.90 Å². The number of nitrogens with one attached hydrogen (secondary N) is 1. The lowest BCUT2D eigenvalue weighted by Gasteiger charge is -2.46. The Morgan fingerprint density at radius 2 is 1.83 bits per heavy atom. The Morgan fingerprint density at radius 1 is 1.17 bits per heavy atom. The van der Waals surface area contributed by atoms with E-state index in [1.165, 1.54) is 29.4 Å². The fourth-order valence-corrected chi connectivity index (χ4v) is 4.30. The van der Waals surface area contributed by atoms with E-state index in [1.54, 1.807) is 40.0 Å². The summed E-state index contributed by atoms with van der Waals surface area (Å²) in [5.41, 5.74) is 6.32. The van der Waals surface area contributed by atoms with Crippen LogP contribution in [0.2, 0.25) is 0 Å². The second-order valence-corrected chi connectivity index (χ2v) is 9.10. The van der Waals surface area contributed by atoms with Crippen LogP contribution in [-0.2, 0) is 10.3 Å². The summed E-state index contributed by atoms with van der Waals surface area (Å²) in [5, 5.41) is 3.60. The maximum absolute atomic E-state index is 15.1. The van der Waals surface area contributed by atoms with E-state index < -0.39 is 16.8 Å². The SMILES string of the molecule is CN1C(=O)C(C)(C)[C@@](C)(c2cc(NC(c3ccccc3)C3CC3)ccc2F)N=C1N. The molecule has 4 rings (SSSR count). The van der Waals surface area contributed by atoms with Crippen LogP contribution in [0.5, 0.6) is 0 Å². The summed E-state index contributed by atoms with van der Waals surface area (Å²) >= 11 is 0. The molecule has 5 nitrogen and oxygen atoms in total. The minimum absolute atomic E-state index is 0.0970. The summed E-state index contributed by atoms with van der Waals surface area (Å²) in [5.74, 6) is 0.0781. The summed E-state index contributed by atoms with van der Waals surface area (Å²) in [6.07, 6.45) is 2.35. The van der Waals surface area contributed by atoms with Gasteiger partial charge in [-0.15, -0.1) is 0 Å². The van der Waals surface area contributed by atoms with Gasteiger partial charge < -0.3 is 11.1 Å². The van der Waals surface area contributed by atoms with Crippen LogP contribution in [-0.4, -0.2) is 23.8 Å². The molecule has 1 unspecified atom stereocenters. The van der Waals surface area contributed by atoms with Gasteiger partial charge in [-0.3, -0.25) is 9.69 Å². The summed E-state index contributed by atoms with van der Waals surface area (Å²) in [7, 11) is 1.59. The van der Waals surface area contributed by atoms with Crippen LogP contribution >= 0.6 is 0 Å². The molecule has 2 atom stereocenters. The van der Waals surface area contributed by atoms with Gasteiger partial charge in [-0.05, 0) is 63.3 Å². The summed E-state index contributed by atoms with van der Waals surface area (Å²) in [6.45, 7) is 5.36. The number of amides is 1. The molecule has 0 radical (unpaired) electrons. The zero-order valence-electron chi connectivity index (χ0n) is 17.9. The maximum atomic E-state index is 15.1. The van der Waals surface area contributed by atoms with Gasteiger partial charge in [-0.1, -0.05) is 30.3 Å². The lowest BCUT2D eigenvalue weighted by molar-refractivity contribution is -0.140. The number of carbonyl (C=O) groups is 1. The van der Waals surface area contributed by atoms with Gasteiger partial charge in [-0.25, -0.2) is 9.38 Å². The number of rotatable bonds is 5. The first-order chi connectivity index (χ1) is 14.1. The first-order valence-corrected chi connectivity index (χ1v) is 10.4. The number of benzene rings is 2. The molecular formula is C24H29FN4O. The lowest BCUT2D eigenvalue weighted by atomic mass is 9.67. The minimum Gasteiger partial charge on any atom is -0.378 e. The second-order valence-electron chi connectivity index (χ2n) is 9.10. The van der Waals surface area contributed by atoms with Crippen LogP contribution in [0.15, 0.2) is 53.5 Å². The molecule has 0 saturated heterocycles. The molecular weight excluding hydrogens is 379 g/mol. The quantitative estimate of drug-likeness (QED) is 0.769. The Hall–Kier alpha value is -2.89. The number of halogens is 1. The normalized spacial score (nSPS) is 24.4. The Kier molecular flexibility index (Phi) is 4.83. The molecule has 1 fully saturated rings. The van der Waals surface area contributed by atoms with Gasteiger partial charge in [0.2, 0.25) is 5.91 Å². The third kappa shape index (κ3) is 3.24. The van der Waals surface area contributed by atoms with E-state index in [0.29, 0.717) is 11.5 Å². The maximum Gasteiger partial charge on any atom is 0.237 e. The molecule has 0 bridgehead atoms. The molecule has 2 aliphatic rings. The third-order valence-electron chi connectivity index (χ3n) is 6.80. The fraction of sp³-hybridized carbons (Fsp3) is 0.417. The zero-order chi connectivity index (χ0) is 21.7. The molecule has 2 aromatic rings. The Balaban J connectivity index is 1.74. The molecule has 6 heteroatoms. The molecule has 1 aliphatic heterocycles. The number of guanidine groups is 1. The van der Waals surface area contributed by atoms with Crippen molar-refractivity contribution in [3.05, 3.63) is 65.5 Å². The monoisotopic (exact) mass is 408 g/mol. The Labute approximate surface area is 177 Å². The highest BCUT2D eigenvalue weighted by molar-refractivity contribution is 6.01. The van der Waals surface area contributed by atoms with Crippen molar-refractivity contribution in [3.63, 3.8) is 0 Å². The van der Waals surface area contributed by atoms with Gasteiger partial charge in [0, 0.05) is 18.3 Å². The average molecular weight is 409 g/mol. The highest BCUT2D eigenvalue weighted by atomic mass is 19.1. The van der Waals surface area contributed by atoms with Crippen LogP contribution in [0.25, 0.3) is 0 Å². The van der Waals surface area contributed by atoms with Crippen LogP contribution < -0.4 is 11.1 Å². The second kappa shape index (κ2) is 7.11. The Bertz CT molecular complexity index is 1000. The topological polar surface area (TPSA) is 70.7 Å². The Morgan fingerprint density at radius 3 is 2.47 bits per heavy atom. The summed E-state index contributed by atoms with van der Waals surface area (Å²) < 4.78 is 15.1. The number of anilines is 1. The molecule has 1 heterocycles. The molecule has 1 aliphatic carbocycles. The largest absolute Gasteiger partial charge is 0.378 e. The van der Waals surface area contributed by atoms with Crippen molar-refractivity contribution in [1.29, 1.82) is 0 Å². The number of nitrogens with two attached hydrogens (primary N) is 1. The molecule has 30 heavy (non-hydrogen) atoms. The van der Waals surface area contributed by atoms with E-state index in [1.807, 2.05) is 18.2 Å². The van der Waals surface area contributed by atoms with Crippen molar-refractivity contribution in [3.8, 4) is 0 Å². The molecule has 1 amide bonds. The zero-order valence-corrected chi connectivity index (χ0v) is 17.9. The summed E-state index contributed by atoms with van der Waals surface area (Å²) in [4.78, 5) is 18.9. The molecule has 0 spiro atoms. The first-order valence-electron chi connectivity index (χ1n) is 10.4. The van der Waals surface area contributed by atoms with Gasteiger partial charge in [0.25, 0.3) is 0 Å². The van der Waals surface area contributed by atoms with Crippen molar-refractivity contribution < 1.29 is 9.18 Å². The number of hydrogen-bond donors (Lipinski definition) is 2. The molecule has 3 N–H and O–H groups in total.